The third-order valence-corrected chi connectivity index (χ3v) is 3.48. The maximum Gasteiger partial charge on any atom is 0.313 e. The van der Waals surface area contributed by atoms with E-state index in [4.69, 9.17) is 0 Å². The molecular formula is C11H19N2O2+. The predicted octanol–water partition coefficient (Wildman–Crippen LogP) is 1.16. The fraction of sp³-hybridized carbons (Fsp3) is 0.636. The summed E-state index contributed by atoms with van der Waals surface area (Å²) in [4.78, 5) is 11.2. The molecule has 0 radical (unpaired) electrons. The average molecular weight is 211 g/mol. The van der Waals surface area contributed by atoms with Crippen LogP contribution in [-0.4, -0.2) is 15.6 Å². The SMILES string of the molecule is C[n+]1ccn(C(C)(C)C(C)(C)C(=O)O)c1. The van der Waals surface area contributed by atoms with E-state index in [1.165, 1.54) is 0 Å². The van der Waals surface area contributed by atoms with Crippen molar-refractivity contribution in [1.82, 2.24) is 4.57 Å². The van der Waals surface area contributed by atoms with E-state index >= 15 is 0 Å². The molecule has 0 aliphatic heterocycles. The number of carboxylic acid groups (broad SMARTS) is 1. The monoisotopic (exact) mass is 211 g/mol. The molecule has 0 fully saturated rings. The van der Waals surface area contributed by atoms with Crippen molar-refractivity contribution in [3.05, 3.63) is 18.7 Å². The van der Waals surface area contributed by atoms with E-state index in [2.05, 4.69) is 0 Å². The summed E-state index contributed by atoms with van der Waals surface area (Å²) in [5.41, 5.74) is -1.29. The summed E-state index contributed by atoms with van der Waals surface area (Å²) in [5.74, 6) is -0.788. The Morgan fingerprint density at radius 3 is 2.20 bits per heavy atom. The Labute approximate surface area is 90.2 Å². The number of hydrogen-bond acceptors (Lipinski definition) is 1. The minimum Gasteiger partial charge on any atom is -0.481 e. The first-order valence-corrected chi connectivity index (χ1v) is 4.96. The first kappa shape index (κ1) is 11.8. The van der Waals surface area contributed by atoms with Gasteiger partial charge in [0.15, 0.2) is 0 Å². The van der Waals surface area contributed by atoms with Crippen LogP contribution in [0.15, 0.2) is 18.7 Å². The lowest BCUT2D eigenvalue weighted by Gasteiger charge is -2.34. The molecule has 0 spiro atoms. The fourth-order valence-corrected chi connectivity index (χ4v) is 1.37. The van der Waals surface area contributed by atoms with E-state index in [0.717, 1.165) is 0 Å². The fourth-order valence-electron chi connectivity index (χ4n) is 1.37. The summed E-state index contributed by atoms with van der Waals surface area (Å²) in [6, 6.07) is 0. The van der Waals surface area contributed by atoms with Gasteiger partial charge < -0.3 is 5.11 Å². The maximum atomic E-state index is 11.2. The molecule has 1 aromatic rings. The molecule has 0 amide bonds. The molecule has 0 bridgehead atoms. The van der Waals surface area contributed by atoms with Crippen molar-refractivity contribution in [2.45, 2.75) is 33.2 Å². The van der Waals surface area contributed by atoms with Crippen molar-refractivity contribution in [1.29, 1.82) is 0 Å². The highest BCUT2D eigenvalue weighted by Gasteiger charge is 2.48. The molecule has 1 rings (SSSR count). The zero-order chi connectivity index (χ0) is 11.9. The second-order valence-electron chi connectivity index (χ2n) is 4.98. The number of carboxylic acids is 1. The Balaban J connectivity index is 3.17. The summed E-state index contributed by atoms with van der Waals surface area (Å²) in [6.45, 7) is 7.35. The molecule has 1 heterocycles. The summed E-state index contributed by atoms with van der Waals surface area (Å²) >= 11 is 0. The molecule has 4 heteroatoms. The number of nitrogens with zero attached hydrogens (tertiary/aromatic N) is 2. The summed E-state index contributed by atoms with van der Waals surface area (Å²) in [7, 11) is 1.92. The first-order valence-electron chi connectivity index (χ1n) is 4.96. The number of hydrogen-bond donors (Lipinski definition) is 1. The molecular weight excluding hydrogens is 192 g/mol. The lowest BCUT2D eigenvalue weighted by Crippen LogP contribution is -2.47. The Kier molecular flexibility index (Phi) is 2.63. The highest BCUT2D eigenvalue weighted by Crippen LogP contribution is 2.36. The maximum absolute atomic E-state index is 11.2. The average Bonchev–Trinajstić information content (AvgIpc) is 2.51. The Morgan fingerprint density at radius 1 is 1.33 bits per heavy atom. The third-order valence-electron chi connectivity index (χ3n) is 3.48. The largest absolute Gasteiger partial charge is 0.481 e. The number of rotatable bonds is 3. The van der Waals surface area contributed by atoms with Gasteiger partial charge in [0.1, 0.15) is 23.3 Å². The van der Waals surface area contributed by atoms with Gasteiger partial charge in [0, 0.05) is 0 Å². The summed E-state index contributed by atoms with van der Waals surface area (Å²) in [5, 5.41) is 9.22. The predicted molar refractivity (Wildman–Crippen MR) is 56.3 cm³/mol. The molecule has 0 aliphatic rings. The summed E-state index contributed by atoms with van der Waals surface area (Å²) < 4.78 is 3.83. The van der Waals surface area contributed by atoms with Crippen LogP contribution in [-0.2, 0) is 17.4 Å². The van der Waals surface area contributed by atoms with E-state index < -0.39 is 16.9 Å². The van der Waals surface area contributed by atoms with E-state index in [-0.39, 0.29) is 0 Å². The van der Waals surface area contributed by atoms with Crippen LogP contribution in [0.3, 0.4) is 0 Å². The highest BCUT2D eigenvalue weighted by atomic mass is 16.4. The van der Waals surface area contributed by atoms with Crippen molar-refractivity contribution in [2.24, 2.45) is 12.5 Å². The van der Waals surface area contributed by atoms with Crippen molar-refractivity contribution >= 4 is 5.97 Å². The lowest BCUT2D eigenvalue weighted by molar-refractivity contribution is -0.671. The number of aryl methyl sites for hydroxylation is 1. The van der Waals surface area contributed by atoms with Gasteiger partial charge in [-0.3, -0.25) is 4.79 Å². The van der Waals surface area contributed by atoms with Gasteiger partial charge in [0.25, 0.3) is 0 Å². The molecule has 15 heavy (non-hydrogen) atoms. The van der Waals surface area contributed by atoms with Gasteiger partial charge in [-0.15, -0.1) is 0 Å². The van der Waals surface area contributed by atoms with E-state index in [1.54, 1.807) is 13.8 Å². The molecule has 84 valence electrons. The Bertz CT molecular complexity index is 378. The molecule has 4 nitrogen and oxygen atoms in total. The van der Waals surface area contributed by atoms with Gasteiger partial charge in [-0.2, -0.15) is 0 Å². The lowest BCUT2D eigenvalue weighted by atomic mass is 9.74. The van der Waals surface area contributed by atoms with Crippen LogP contribution in [0.5, 0.6) is 0 Å². The van der Waals surface area contributed by atoms with Gasteiger partial charge in [0.05, 0.1) is 7.05 Å². The standard InChI is InChI=1S/C11H18N2O2/c1-10(2,9(14)15)11(3,4)13-7-6-12(5)8-13/h6-8H,1-5H3/p+1. The Morgan fingerprint density at radius 2 is 1.87 bits per heavy atom. The van der Waals surface area contributed by atoms with Crippen molar-refractivity contribution in [2.75, 3.05) is 0 Å². The second-order valence-corrected chi connectivity index (χ2v) is 4.98. The normalized spacial score (nSPS) is 12.9. The Hall–Kier alpha value is -1.32. The number of imidazole rings is 1. The van der Waals surface area contributed by atoms with E-state index in [9.17, 15) is 9.90 Å². The number of aromatic nitrogens is 2. The van der Waals surface area contributed by atoms with Crippen molar-refractivity contribution < 1.29 is 14.5 Å². The molecule has 0 atom stereocenters. The third kappa shape index (κ3) is 1.76. The van der Waals surface area contributed by atoms with Gasteiger partial charge in [-0.1, -0.05) is 0 Å². The van der Waals surface area contributed by atoms with Gasteiger partial charge in [-0.25, -0.2) is 9.13 Å². The molecule has 0 saturated heterocycles. The van der Waals surface area contributed by atoms with Crippen molar-refractivity contribution in [3.63, 3.8) is 0 Å². The van der Waals surface area contributed by atoms with E-state index in [0.29, 0.717) is 0 Å². The van der Waals surface area contributed by atoms with Crippen LogP contribution in [0.2, 0.25) is 0 Å². The second kappa shape index (κ2) is 3.36. The van der Waals surface area contributed by atoms with Crippen molar-refractivity contribution in [3.8, 4) is 0 Å². The zero-order valence-electron chi connectivity index (χ0n) is 9.98. The summed E-state index contributed by atoms with van der Waals surface area (Å²) in [6.07, 6.45) is 5.69. The molecule has 1 N–H and O–H groups in total. The topological polar surface area (TPSA) is 46.1 Å². The molecule has 1 aromatic heterocycles. The first-order chi connectivity index (χ1) is 6.69. The minimum atomic E-state index is -0.820. The zero-order valence-corrected chi connectivity index (χ0v) is 9.98. The molecule has 0 aromatic carbocycles. The van der Waals surface area contributed by atoms with Crippen LogP contribution in [0, 0.1) is 5.41 Å². The number of carbonyl (C=O) groups is 1. The minimum absolute atomic E-state index is 0.472. The van der Waals surface area contributed by atoms with Gasteiger partial charge >= 0.3 is 5.97 Å². The molecule has 0 unspecified atom stereocenters. The van der Waals surface area contributed by atoms with E-state index in [1.807, 2.05) is 48.8 Å². The number of aliphatic carboxylic acids is 1. The van der Waals surface area contributed by atoms with Crippen LogP contribution in [0.4, 0.5) is 0 Å². The smallest absolute Gasteiger partial charge is 0.313 e. The quantitative estimate of drug-likeness (QED) is 0.762. The van der Waals surface area contributed by atoms with Crippen LogP contribution in [0.1, 0.15) is 27.7 Å². The molecule has 0 saturated carbocycles. The van der Waals surface area contributed by atoms with Crippen LogP contribution >= 0.6 is 0 Å². The van der Waals surface area contributed by atoms with Crippen LogP contribution < -0.4 is 4.57 Å². The van der Waals surface area contributed by atoms with Gasteiger partial charge in [-0.05, 0) is 27.7 Å². The van der Waals surface area contributed by atoms with Crippen LogP contribution in [0.25, 0.3) is 0 Å². The molecule has 0 aliphatic carbocycles. The highest BCUT2D eigenvalue weighted by molar-refractivity contribution is 5.75. The van der Waals surface area contributed by atoms with Gasteiger partial charge in [0.2, 0.25) is 6.33 Å².